The molecule has 17 heavy (non-hydrogen) atoms. The summed E-state index contributed by atoms with van der Waals surface area (Å²) in [5.41, 5.74) is 3.33. The fraction of sp³-hybridized carbons (Fsp3) is 0.143. The molecule has 0 spiro atoms. The first-order chi connectivity index (χ1) is 8.33. The van der Waals surface area contributed by atoms with Crippen molar-refractivity contribution < 1.29 is 0 Å². The van der Waals surface area contributed by atoms with E-state index < -0.39 is 0 Å². The third kappa shape index (κ3) is 1.97. The molecule has 0 aliphatic heterocycles. The van der Waals surface area contributed by atoms with Gasteiger partial charge in [-0.05, 0) is 18.6 Å². The van der Waals surface area contributed by atoms with E-state index in [0.717, 1.165) is 23.2 Å². The Hall–Kier alpha value is -1.63. The Morgan fingerprint density at radius 3 is 2.82 bits per heavy atom. The van der Waals surface area contributed by atoms with E-state index in [1.807, 2.05) is 22.7 Å². The molecular weight excluding hydrogens is 204 g/mol. The molecule has 0 fully saturated rings. The molecule has 1 aromatic heterocycles. The topological polar surface area (TPSA) is 4.93 Å². The van der Waals surface area contributed by atoms with Crippen LogP contribution in [0.4, 0.5) is 0 Å². The molecule has 0 aliphatic rings. The summed E-state index contributed by atoms with van der Waals surface area (Å²) in [6.07, 6.45) is 7.11. The van der Waals surface area contributed by atoms with Gasteiger partial charge in [-0.1, -0.05) is 43.9 Å². The summed E-state index contributed by atoms with van der Waals surface area (Å²) < 4.78 is 2.00. The first-order valence-electron chi connectivity index (χ1n) is 5.80. The van der Waals surface area contributed by atoms with Gasteiger partial charge < -0.3 is 4.48 Å². The molecule has 0 N–H and O–H groups in total. The first kappa shape index (κ1) is 11.8. The Balaban J connectivity index is 2.78. The van der Waals surface area contributed by atoms with Crippen LogP contribution in [0.15, 0.2) is 36.9 Å². The zero-order valence-corrected chi connectivity index (χ0v) is 10.1. The highest BCUT2D eigenvalue weighted by Gasteiger charge is 2.10. The number of hydrogen-bond donors (Lipinski definition) is 0. The van der Waals surface area contributed by atoms with E-state index in [0.29, 0.717) is 0 Å². The second-order valence-electron chi connectivity index (χ2n) is 3.85. The van der Waals surface area contributed by atoms with Crippen molar-refractivity contribution in [2.24, 2.45) is 0 Å². The highest BCUT2D eigenvalue weighted by molar-refractivity contribution is 6.88. The van der Waals surface area contributed by atoms with Crippen LogP contribution in [0.2, 0.25) is 0 Å². The lowest BCUT2D eigenvalue weighted by Crippen LogP contribution is -2.07. The van der Waals surface area contributed by atoms with Gasteiger partial charge in [-0.3, -0.25) is 0 Å². The van der Waals surface area contributed by atoms with Gasteiger partial charge >= 0.3 is 0 Å². The van der Waals surface area contributed by atoms with Crippen molar-refractivity contribution in [1.82, 2.24) is 4.48 Å². The SMILES string of the molecule is [B][B]n1c(/C=C\CC)c(C=C)c2ccccc21. The molecular formula is C14H14B2N. The summed E-state index contributed by atoms with van der Waals surface area (Å²) in [4.78, 5) is 0. The van der Waals surface area contributed by atoms with Crippen LogP contribution in [0.1, 0.15) is 24.6 Å². The van der Waals surface area contributed by atoms with Gasteiger partial charge in [-0.2, -0.15) is 0 Å². The van der Waals surface area contributed by atoms with Crippen molar-refractivity contribution in [3.8, 4) is 0 Å². The maximum absolute atomic E-state index is 5.73. The van der Waals surface area contributed by atoms with E-state index in [1.165, 1.54) is 5.39 Å². The monoisotopic (exact) mass is 218 g/mol. The van der Waals surface area contributed by atoms with E-state index in [1.54, 1.807) is 7.31 Å². The first-order valence-corrected chi connectivity index (χ1v) is 5.80. The van der Waals surface area contributed by atoms with E-state index >= 15 is 0 Å². The minimum atomic E-state index is 1.00. The van der Waals surface area contributed by atoms with Crippen molar-refractivity contribution in [3.63, 3.8) is 0 Å². The van der Waals surface area contributed by atoms with Crippen LogP contribution < -0.4 is 0 Å². The van der Waals surface area contributed by atoms with E-state index in [4.69, 9.17) is 7.74 Å². The Labute approximate surface area is 104 Å². The highest BCUT2D eigenvalue weighted by Crippen LogP contribution is 2.27. The van der Waals surface area contributed by atoms with Gasteiger partial charge in [0.2, 0.25) is 0 Å². The summed E-state index contributed by atoms with van der Waals surface area (Å²) in [6, 6.07) is 8.20. The van der Waals surface area contributed by atoms with Crippen molar-refractivity contribution in [2.75, 3.05) is 0 Å². The van der Waals surface area contributed by atoms with E-state index in [9.17, 15) is 0 Å². The van der Waals surface area contributed by atoms with Crippen molar-refractivity contribution in [2.45, 2.75) is 13.3 Å². The molecule has 81 valence electrons. The molecule has 3 heteroatoms. The normalized spacial score (nSPS) is 11.1. The van der Waals surface area contributed by atoms with Gasteiger partial charge in [0.05, 0.1) is 0 Å². The number of fused-ring (bicyclic) bond motifs is 1. The maximum Gasteiger partial charge on any atom is 0.191 e. The summed E-state index contributed by atoms with van der Waals surface area (Å²) in [6.45, 7) is 6.01. The summed E-state index contributed by atoms with van der Waals surface area (Å²) in [5, 5.41) is 1.18. The predicted molar refractivity (Wildman–Crippen MR) is 78.3 cm³/mol. The molecule has 0 saturated carbocycles. The molecule has 0 atom stereocenters. The molecule has 0 bridgehead atoms. The van der Waals surface area contributed by atoms with Crippen molar-refractivity contribution in [3.05, 3.63) is 48.2 Å². The Morgan fingerprint density at radius 2 is 2.18 bits per heavy atom. The standard InChI is InChI=1S/C14H14B2N/c1-3-5-9-13-11(4-2)12-8-6-7-10-14(12)17(13)16-15/h4-10H,2-3H2,1H3/b9-5-. The van der Waals surface area contributed by atoms with E-state index in [-0.39, 0.29) is 0 Å². The predicted octanol–water partition coefficient (Wildman–Crippen LogP) is 3.26. The molecule has 2 rings (SSSR count). The lowest BCUT2D eigenvalue weighted by Gasteiger charge is -2.04. The number of hydrogen-bond acceptors (Lipinski definition) is 0. The van der Waals surface area contributed by atoms with Gasteiger partial charge in [0.15, 0.2) is 7.31 Å². The molecule has 3 radical (unpaired) electrons. The molecule has 0 unspecified atom stereocenters. The third-order valence-corrected chi connectivity index (χ3v) is 2.85. The van der Waals surface area contributed by atoms with Crippen LogP contribution in [-0.4, -0.2) is 19.5 Å². The fourth-order valence-electron chi connectivity index (χ4n) is 2.08. The highest BCUT2D eigenvalue weighted by atomic mass is 14.9. The third-order valence-electron chi connectivity index (χ3n) is 2.85. The van der Waals surface area contributed by atoms with Gasteiger partial charge in [-0.15, -0.1) is 0 Å². The largest absolute Gasteiger partial charge is 0.401 e. The number of aromatic nitrogens is 1. The van der Waals surface area contributed by atoms with Crippen LogP contribution in [0.3, 0.4) is 0 Å². The molecule has 0 aliphatic carbocycles. The Morgan fingerprint density at radius 1 is 1.41 bits per heavy atom. The van der Waals surface area contributed by atoms with Crippen molar-refractivity contribution in [1.29, 1.82) is 0 Å². The lowest BCUT2D eigenvalue weighted by atomic mass is 9.66. The average molecular weight is 218 g/mol. The quantitative estimate of drug-likeness (QED) is 0.694. The minimum Gasteiger partial charge on any atom is -0.401 e. The molecule has 2 aromatic rings. The summed E-state index contributed by atoms with van der Waals surface area (Å²) in [5.74, 6) is 0. The molecule has 1 aromatic carbocycles. The fourth-order valence-corrected chi connectivity index (χ4v) is 2.08. The number of rotatable bonds is 4. The molecule has 0 saturated heterocycles. The van der Waals surface area contributed by atoms with Gasteiger partial charge in [-0.25, -0.2) is 0 Å². The van der Waals surface area contributed by atoms with Gasteiger partial charge in [0.1, 0.15) is 0 Å². The number of allylic oxidation sites excluding steroid dienone is 1. The van der Waals surface area contributed by atoms with Crippen LogP contribution in [-0.2, 0) is 0 Å². The average Bonchev–Trinajstić information content (AvgIpc) is 2.68. The maximum atomic E-state index is 5.73. The zero-order chi connectivity index (χ0) is 12.3. The zero-order valence-electron chi connectivity index (χ0n) is 10.1. The lowest BCUT2D eigenvalue weighted by molar-refractivity contribution is 1.22. The van der Waals surface area contributed by atoms with Crippen molar-refractivity contribution >= 4 is 38.1 Å². The van der Waals surface area contributed by atoms with E-state index in [2.05, 4.69) is 37.8 Å². The molecule has 0 amide bonds. The van der Waals surface area contributed by atoms with Crippen LogP contribution in [0.25, 0.3) is 23.1 Å². The number of benzene rings is 1. The smallest absolute Gasteiger partial charge is 0.191 e. The number of nitrogens with zero attached hydrogens (tertiary/aromatic N) is 1. The summed E-state index contributed by atoms with van der Waals surface area (Å²) >= 11 is 0. The van der Waals surface area contributed by atoms with Crippen LogP contribution >= 0.6 is 0 Å². The second-order valence-corrected chi connectivity index (χ2v) is 3.85. The Kier molecular flexibility index (Phi) is 3.58. The van der Waals surface area contributed by atoms with Gasteiger partial charge in [0.25, 0.3) is 0 Å². The molecule has 1 heterocycles. The molecule has 1 nitrogen and oxygen atoms in total. The minimum absolute atomic E-state index is 1.00. The van der Waals surface area contributed by atoms with Gasteiger partial charge in [0, 0.05) is 29.9 Å². The van der Waals surface area contributed by atoms with Crippen LogP contribution in [0.5, 0.6) is 0 Å². The Bertz CT molecular complexity index is 567. The van der Waals surface area contributed by atoms with Crippen LogP contribution in [0, 0.1) is 0 Å². The second kappa shape index (κ2) is 5.13. The number of para-hydroxylation sites is 1. The summed E-state index contributed by atoms with van der Waals surface area (Å²) in [7, 11) is 7.33.